The molecule has 4 unspecified atom stereocenters. The molecule has 0 aromatic heterocycles. The number of fused-ring (bicyclic) bond motifs is 1. The van der Waals surface area contributed by atoms with E-state index in [1.165, 1.54) is 0 Å². The number of halogens is 1. The molecule has 1 aromatic carbocycles. The van der Waals surface area contributed by atoms with Gasteiger partial charge < -0.3 is 37.0 Å². The molecule has 1 N–H and O–H groups in total. The molecule has 0 radical (unpaired) electrons. The fourth-order valence-corrected chi connectivity index (χ4v) is 14.8. The number of carbonyl (C=O) groups is 1. The van der Waals surface area contributed by atoms with E-state index in [1.54, 1.807) is 12.1 Å². The first-order valence-electron chi connectivity index (χ1n) is 24.8. The summed E-state index contributed by atoms with van der Waals surface area (Å²) in [6.45, 7) is 45.8. The lowest BCUT2D eigenvalue weighted by Gasteiger charge is -2.56. The molecule has 0 bridgehead atoms. The van der Waals surface area contributed by atoms with Crippen LogP contribution >= 0.6 is 15.9 Å². The number of hydrogen-bond donors (Lipinski definition) is 1. The number of aliphatic hydroxyl groups is 1. The highest BCUT2D eigenvalue weighted by Crippen LogP contribution is 2.47. The zero-order chi connectivity index (χ0) is 49.4. The van der Waals surface area contributed by atoms with Crippen LogP contribution in [0.5, 0.6) is 0 Å². The monoisotopic (exact) mass is 1040 g/mol. The van der Waals surface area contributed by atoms with Gasteiger partial charge in [0.2, 0.25) is 0 Å². The maximum absolute atomic E-state index is 13.1. The van der Waals surface area contributed by atoms with Crippen molar-refractivity contribution in [2.45, 2.75) is 249 Å². The Bertz CT molecular complexity index is 1660. The van der Waals surface area contributed by atoms with Gasteiger partial charge in [-0.2, -0.15) is 0 Å². The van der Waals surface area contributed by atoms with E-state index in [9.17, 15) is 9.90 Å². The van der Waals surface area contributed by atoms with Crippen LogP contribution in [0.3, 0.4) is 0 Å². The van der Waals surface area contributed by atoms with E-state index in [-0.39, 0.29) is 33.4 Å². The second kappa shape index (κ2) is 23.9. The molecular formula is C51H93BrO9Si4. The van der Waals surface area contributed by atoms with Crippen LogP contribution in [0.15, 0.2) is 53.5 Å². The molecule has 0 spiro atoms. The summed E-state index contributed by atoms with van der Waals surface area (Å²) in [6.07, 6.45) is 3.79. The first kappa shape index (κ1) is 58.6. The largest absolute Gasteiger partial charge is 0.458 e. The number of rotatable bonds is 23. The predicted octanol–water partition coefficient (Wildman–Crippen LogP) is 14.1. The maximum Gasteiger partial charge on any atom is 0.338 e. The number of hydrogen-bond acceptors (Lipinski definition) is 9. The van der Waals surface area contributed by atoms with Crippen molar-refractivity contribution in [1.29, 1.82) is 0 Å². The smallest absolute Gasteiger partial charge is 0.338 e. The lowest BCUT2D eigenvalue weighted by atomic mass is 9.87. The summed E-state index contributed by atoms with van der Waals surface area (Å²) < 4.78 is 50.8. The molecule has 0 amide bonds. The minimum absolute atomic E-state index is 0.0273. The van der Waals surface area contributed by atoms with Crippen molar-refractivity contribution in [3.63, 3.8) is 0 Å². The average molecular weight is 1040 g/mol. The molecule has 1 aromatic rings. The van der Waals surface area contributed by atoms with Gasteiger partial charge in [0.05, 0.1) is 30.0 Å². The van der Waals surface area contributed by atoms with E-state index in [2.05, 4.69) is 145 Å². The topological polar surface area (TPSA) is 102 Å². The summed E-state index contributed by atoms with van der Waals surface area (Å²) in [4.78, 5) is 13.1. The third kappa shape index (κ3) is 16.4. The van der Waals surface area contributed by atoms with E-state index in [4.69, 9.17) is 31.9 Å². The quantitative estimate of drug-likeness (QED) is 0.0652. The van der Waals surface area contributed by atoms with Crippen LogP contribution in [0.25, 0.3) is 0 Å². The minimum Gasteiger partial charge on any atom is -0.458 e. The van der Waals surface area contributed by atoms with Crippen molar-refractivity contribution in [3.05, 3.63) is 59.1 Å². The lowest BCUT2D eigenvalue weighted by molar-refractivity contribution is -0.267. The van der Waals surface area contributed by atoms with Crippen molar-refractivity contribution < 1.29 is 41.8 Å². The second-order valence-corrected chi connectivity index (χ2v) is 43.7. The molecule has 374 valence electrons. The first-order chi connectivity index (χ1) is 29.8. The van der Waals surface area contributed by atoms with Gasteiger partial charge in [0.1, 0.15) is 30.5 Å². The molecule has 2 heterocycles. The van der Waals surface area contributed by atoms with E-state index in [0.29, 0.717) is 31.4 Å². The van der Waals surface area contributed by atoms with Gasteiger partial charge in [0.25, 0.3) is 0 Å². The number of ether oxygens (including phenoxy) is 3. The number of aliphatic hydroxyl groups excluding tert-OH is 1. The first-order valence-corrected chi connectivity index (χ1v) is 36.8. The fraction of sp³-hybridized carbons (Fsp3) is 0.784. The van der Waals surface area contributed by atoms with Crippen molar-refractivity contribution in [2.24, 2.45) is 0 Å². The molecule has 0 aliphatic carbocycles. The van der Waals surface area contributed by atoms with E-state index in [0.717, 1.165) is 41.9 Å². The van der Waals surface area contributed by atoms with Gasteiger partial charge in [0, 0.05) is 13.0 Å². The Hall–Kier alpha value is -0.762. The Labute approximate surface area is 409 Å². The maximum atomic E-state index is 13.1. The predicted molar refractivity (Wildman–Crippen MR) is 283 cm³/mol. The van der Waals surface area contributed by atoms with E-state index >= 15 is 0 Å². The highest BCUT2D eigenvalue weighted by molar-refractivity contribution is 9.11. The van der Waals surface area contributed by atoms with Gasteiger partial charge in [-0.15, -0.1) is 0 Å². The van der Waals surface area contributed by atoms with Crippen molar-refractivity contribution in [2.75, 3.05) is 6.61 Å². The molecule has 9 nitrogen and oxygen atoms in total. The molecule has 65 heavy (non-hydrogen) atoms. The highest BCUT2D eigenvalue weighted by Gasteiger charge is 2.58. The van der Waals surface area contributed by atoms with Crippen molar-refractivity contribution in [3.8, 4) is 0 Å². The number of esters is 1. The third-order valence-corrected chi connectivity index (χ3v) is 34.1. The molecule has 0 saturated carbocycles. The summed E-state index contributed by atoms with van der Waals surface area (Å²) in [5.74, 6) is -0.397. The van der Waals surface area contributed by atoms with Crippen LogP contribution < -0.4 is 0 Å². The average Bonchev–Trinajstić information content (AvgIpc) is 3.19. The lowest BCUT2D eigenvalue weighted by Crippen LogP contribution is -2.69. The van der Waals surface area contributed by atoms with E-state index in [1.807, 2.05) is 30.4 Å². The Morgan fingerprint density at radius 2 is 1.34 bits per heavy atom. The molecule has 2 aliphatic heterocycles. The Balaban J connectivity index is 2.11. The molecule has 2 fully saturated rings. The van der Waals surface area contributed by atoms with Crippen LogP contribution in [0.4, 0.5) is 0 Å². The van der Waals surface area contributed by atoms with Crippen LogP contribution in [-0.4, -0.2) is 106 Å². The highest BCUT2D eigenvalue weighted by atomic mass is 79.9. The number of benzene rings is 1. The van der Waals surface area contributed by atoms with Crippen LogP contribution in [0.2, 0.25) is 72.5 Å². The molecular weight excluding hydrogens is 949 g/mol. The Morgan fingerprint density at radius 3 is 1.85 bits per heavy atom. The summed E-state index contributed by atoms with van der Waals surface area (Å²) >= 11 is 3.47. The molecule has 14 heteroatoms. The summed E-state index contributed by atoms with van der Waals surface area (Å²) in [7, 11) is -9.09. The zero-order valence-corrected chi connectivity index (χ0v) is 49.7. The van der Waals surface area contributed by atoms with Gasteiger partial charge >= 0.3 is 5.97 Å². The second-order valence-electron chi connectivity index (χ2n) is 23.5. The van der Waals surface area contributed by atoms with Gasteiger partial charge in [0.15, 0.2) is 33.3 Å². The van der Waals surface area contributed by atoms with E-state index < -0.39 is 75.9 Å². The fourth-order valence-electron chi connectivity index (χ4n) is 7.89. The Kier molecular flexibility index (Phi) is 21.5. The minimum atomic E-state index is -2.47. The SMILES string of the molecule is C=C(Br)C[C@H](CCC(O)/C=C/C(O[Si](C)(C)C(C)(C)C)[C@@H]1OC2CCC(CCO[Si](CC)(CC)CC)O[C@@H]2[C@H](O[Si](C)(C)C(C)(C)C)[C@@H]1O[Si](C)(C)C(C)(C)C)OC(=O)c1ccccc1. The molecule has 2 saturated heterocycles. The number of carbonyl (C=O) groups excluding carboxylic acids is 1. The van der Waals surface area contributed by atoms with Gasteiger partial charge in [-0.25, -0.2) is 4.79 Å². The van der Waals surface area contributed by atoms with Gasteiger partial charge in [-0.3, -0.25) is 0 Å². The third-order valence-electron chi connectivity index (χ3n) is 15.6. The molecule has 2 aliphatic rings. The van der Waals surface area contributed by atoms with Crippen molar-refractivity contribution in [1.82, 2.24) is 0 Å². The summed E-state index contributed by atoms with van der Waals surface area (Å²) in [5, 5.41) is 11.4. The van der Waals surface area contributed by atoms with Gasteiger partial charge in [-0.05, 0) is 121 Å². The standard InChI is InChI=1S/C51H93BrO9Si4/c1-20-65(21-2,22-3)55-35-34-40-31-33-42-44(56-40)46(60-63(16,17)50(8,9)10)47(61-64(18,19)51(11,12)13)45(58-42)43(59-62(14,15)49(5,6)7)32-29-39(53)28-30-41(36-37(4)52)57-48(54)38-26-24-23-25-27-38/h23-27,29,32,39-47,53H,4,20-22,28,30-31,33-36H2,1-3,5-19H3/b32-29+/t39?,40?,41-,42?,43?,44-,45-,46-,47+/m0/s1. The molecule has 9 atom stereocenters. The normalized spacial score (nSPS) is 24.4. The van der Waals surface area contributed by atoms with Crippen LogP contribution in [-0.2, 0) is 31.9 Å². The Morgan fingerprint density at radius 1 is 0.800 bits per heavy atom. The van der Waals surface area contributed by atoms with Crippen molar-refractivity contribution >= 4 is 55.2 Å². The van der Waals surface area contributed by atoms with Crippen LogP contribution in [0, 0.1) is 0 Å². The molecule has 3 rings (SSSR count). The summed E-state index contributed by atoms with van der Waals surface area (Å²) in [5.41, 5.74) is 0.486. The zero-order valence-electron chi connectivity index (χ0n) is 44.1. The van der Waals surface area contributed by atoms with Gasteiger partial charge in [-0.1, -0.05) is 136 Å². The van der Waals surface area contributed by atoms with Crippen LogP contribution in [0.1, 0.15) is 132 Å². The summed E-state index contributed by atoms with van der Waals surface area (Å²) in [6, 6.07) is 12.4.